The van der Waals surface area contributed by atoms with Gasteiger partial charge in [0.05, 0.1) is 0 Å². The molecule has 0 aromatic heterocycles. The van der Waals surface area contributed by atoms with E-state index in [1.165, 1.54) is 16.8 Å². The largest absolute Gasteiger partial charge is 0.480 e. The van der Waals surface area contributed by atoms with Crippen LogP contribution in [0, 0.1) is 0 Å². The number of nitrogens with two attached hydrogens (primary N) is 1. The highest BCUT2D eigenvalue weighted by molar-refractivity contribution is 5.98. The molecular formula is C37H39N3O3. The third-order valence-electron chi connectivity index (χ3n) is 9.25. The van der Waals surface area contributed by atoms with Crippen LogP contribution in [0.5, 0.6) is 0 Å². The van der Waals surface area contributed by atoms with Gasteiger partial charge in [-0.3, -0.25) is 14.5 Å². The maximum atomic E-state index is 13.2. The smallest absolute Gasteiger partial charge is 0.318 e. The molecule has 6 rings (SSSR count). The zero-order chi connectivity index (χ0) is 29.8. The summed E-state index contributed by atoms with van der Waals surface area (Å²) in [5.74, 6) is -1.20. The van der Waals surface area contributed by atoms with E-state index in [1.54, 1.807) is 0 Å². The number of anilines is 1. The van der Waals surface area contributed by atoms with Gasteiger partial charge in [-0.15, -0.1) is 0 Å². The summed E-state index contributed by atoms with van der Waals surface area (Å²) in [6.45, 7) is 4.90. The van der Waals surface area contributed by atoms with Gasteiger partial charge in [-0.2, -0.15) is 0 Å². The molecule has 1 saturated heterocycles. The summed E-state index contributed by atoms with van der Waals surface area (Å²) in [5.41, 5.74) is 12.6. The average molecular weight is 574 g/mol. The zero-order valence-electron chi connectivity index (χ0n) is 24.5. The molecule has 4 aromatic carbocycles. The lowest BCUT2D eigenvalue weighted by Gasteiger charge is -2.36. The molecule has 1 amide bonds. The van der Waals surface area contributed by atoms with E-state index in [0.717, 1.165) is 73.4 Å². The molecule has 1 fully saturated rings. The molecule has 6 nitrogen and oxygen atoms in total. The fourth-order valence-electron chi connectivity index (χ4n) is 7.06. The monoisotopic (exact) mass is 573 g/mol. The summed E-state index contributed by atoms with van der Waals surface area (Å²) in [7, 11) is 0. The zero-order valence-corrected chi connectivity index (χ0v) is 24.5. The van der Waals surface area contributed by atoms with Crippen LogP contribution in [-0.2, 0) is 21.4 Å². The van der Waals surface area contributed by atoms with Crippen LogP contribution in [0.3, 0.4) is 0 Å². The molecule has 0 spiro atoms. The highest BCUT2D eigenvalue weighted by Gasteiger charge is 2.50. The van der Waals surface area contributed by atoms with Gasteiger partial charge in [0.1, 0.15) is 5.41 Å². The van der Waals surface area contributed by atoms with Crippen LogP contribution in [0.2, 0.25) is 0 Å². The first-order chi connectivity index (χ1) is 21.0. The lowest BCUT2D eigenvalue weighted by molar-refractivity contribution is -0.142. The molecule has 0 saturated carbocycles. The molecule has 0 radical (unpaired) electrons. The normalized spacial score (nSPS) is 17.8. The number of carbonyl (C=O) groups excluding carboxylic acids is 1. The molecule has 6 heteroatoms. The van der Waals surface area contributed by atoms with Crippen molar-refractivity contribution < 1.29 is 14.7 Å². The summed E-state index contributed by atoms with van der Waals surface area (Å²) >= 11 is 0. The highest BCUT2D eigenvalue weighted by atomic mass is 16.4. The molecule has 1 atom stereocenters. The van der Waals surface area contributed by atoms with Crippen molar-refractivity contribution in [2.75, 3.05) is 37.6 Å². The second-order valence-electron chi connectivity index (χ2n) is 11.8. The van der Waals surface area contributed by atoms with Gasteiger partial charge >= 0.3 is 5.97 Å². The summed E-state index contributed by atoms with van der Waals surface area (Å²) < 4.78 is 0. The summed E-state index contributed by atoms with van der Waals surface area (Å²) in [4.78, 5) is 29.8. The van der Waals surface area contributed by atoms with E-state index in [2.05, 4.69) is 58.3 Å². The molecular weight excluding hydrogens is 534 g/mol. The van der Waals surface area contributed by atoms with Crippen LogP contribution in [0.15, 0.2) is 97.1 Å². The van der Waals surface area contributed by atoms with E-state index in [9.17, 15) is 14.7 Å². The number of aryl methyl sites for hydroxylation is 1. The van der Waals surface area contributed by atoms with Crippen molar-refractivity contribution in [1.29, 1.82) is 0 Å². The van der Waals surface area contributed by atoms with Gasteiger partial charge in [-0.05, 0) is 76.9 Å². The fraction of sp³-hybridized carbons (Fsp3) is 0.297. The van der Waals surface area contributed by atoms with E-state index in [-0.39, 0.29) is 12.3 Å². The number of carboxylic acids is 1. The van der Waals surface area contributed by atoms with E-state index in [1.807, 2.05) is 48.5 Å². The molecule has 0 bridgehead atoms. The number of fused-ring (bicyclic) bond motifs is 3. The van der Waals surface area contributed by atoms with Gasteiger partial charge in [0.2, 0.25) is 5.91 Å². The van der Waals surface area contributed by atoms with E-state index in [0.29, 0.717) is 12.8 Å². The topological polar surface area (TPSA) is 86.9 Å². The van der Waals surface area contributed by atoms with Gasteiger partial charge in [0.15, 0.2) is 0 Å². The number of unbranched alkanes of at least 4 members (excludes halogenated alkanes) is 1. The maximum Gasteiger partial charge on any atom is 0.318 e. The minimum Gasteiger partial charge on any atom is -0.480 e. The summed E-state index contributed by atoms with van der Waals surface area (Å²) in [6.07, 6.45) is 2.90. The number of benzene rings is 4. The quantitative estimate of drug-likeness (QED) is 0.211. The van der Waals surface area contributed by atoms with E-state index >= 15 is 0 Å². The molecule has 1 aliphatic carbocycles. The lowest BCUT2D eigenvalue weighted by Crippen LogP contribution is -2.46. The number of carboxylic acid groups (broad SMARTS) is 1. The Morgan fingerprint density at radius 1 is 0.744 bits per heavy atom. The predicted molar refractivity (Wildman–Crippen MR) is 172 cm³/mol. The Morgan fingerprint density at radius 3 is 2.14 bits per heavy atom. The van der Waals surface area contributed by atoms with Crippen LogP contribution < -0.4 is 10.6 Å². The highest BCUT2D eigenvalue weighted by Crippen LogP contribution is 2.53. The van der Waals surface area contributed by atoms with Crippen molar-refractivity contribution in [2.45, 2.75) is 37.5 Å². The molecule has 1 heterocycles. The number of carbonyl (C=O) groups is 2. The second-order valence-corrected chi connectivity index (χ2v) is 11.8. The van der Waals surface area contributed by atoms with Crippen molar-refractivity contribution in [1.82, 2.24) is 4.90 Å². The number of aliphatic carboxylic acids is 1. The van der Waals surface area contributed by atoms with Gasteiger partial charge in [-0.25, -0.2) is 0 Å². The van der Waals surface area contributed by atoms with E-state index in [4.69, 9.17) is 5.73 Å². The Kier molecular flexibility index (Phi) is 8.30. The lowest BCUT2D eigenvalue weighted by atomic mass is 9.72. The van der Waals surface area contributed by atoms with E-state index < -0.39 is 11.4 Å². The molecule has 1 aliphatic heterocycles. The number of primary amides is 1. The molecule has 1 unspecified atom stereocenters. The first kappa shape index (κ1) is 28.7. The van der Waals surface area contributed by atoms with Crippen LogP contribution in [-0.4, -0.2) is 54.6 Å². The Bertz CT molecular complexity index is 1590. The van der Waals surface area contributed by atoms with Crippen molar-refractivity contribution in [2.24, 2.45) is 5.73 Å². The SMILES string of the molecule is NC(=O)CCc1cccc2c1C(CCCCN1CCN(c3ccc(-c4ccccc4)cc3)CC1)(C(=O)O)c1ccccc1-2. The second kappa shape index (κ2) is 12.4. The molecule has 3 N–H and O–H groups in total. The van der Waals surface area contributed by atoms with Gasteiger partial charge in [0.25, 0.3) is 0 Å². The summed E-state index contributed by atoms with van der Waals surface area (Å²) in [5, 5.41) is 10.8. The molecule has 220 valence electrons. The van der Waals surface area contributed by atoms with Gasteiger partial charge < -0.3 is 15.7 Å². The number of hydrogen-bond acceptors (Lipinski definition) is 4. The van der Waals surface area contributed by atoms with Crippen molar-refractivity contribution in [3.05, 3.63) is 114 Å². The number of amides is 1. The first-order valence-corrected chi connectivity index (χ1v) is 15.3. The number of hydrogen-bond donors (Lipinski definition) is 2. The minimum atomic E-state index is -1.12. The Morgan fingerprint density at radius 2 is 1.42 bits per heavy atom. The van der Waals surface area contributed by atoms with Gasteiger partial charge in [-0.1, -0.05) is 91.3 Å². The Balaban J connectivity index is 1.09. The van der Waals surface area contributed by atoms with Crippen molar-refractivity contribution in [3.8, 4) is 22.3 Å². The summed E-state index contributed by atoms with van der Waals surface area (Å²) in [6, 6.07) is 33.1. The predicted octanol–water partition coefficient (Wildman–Crippen LogP) is 6.12. The van der Waals surface area contributed by atoms with Crippen LogP contribution in [0.1, 0.15) is 42.4 Å². The fourth-order valence-corrected chi connectivity index (χ4v) is 7.06. The van der Waals surface area contributed by atoms with Crippen LogP contribution in [0.25, 0.3) is 22.3 Å². The number of nitrogens with zero attached hydrogens (tertiary/aromatic N) is 2. The third kappa shape index (κ3) is 5.67. The van der Waals surface area contributed by atoms with Crippen molar-refractivity contribution in [3.63, 3.8) is 0 Å². The van der Waals surface area contributed by atoms with Crippen molar-refractivity contribution >= 4 is 17.6 Å². The number of rotatable bonds is 11. The number of piperazine rings is 1. The van der Waals surface area contributed by atoms with Crippen LogP contribution >= 0.6 is 0 Å². The van der Waals surface area contributed by atoms with Gasteiger partial charge in [0, 0.05) is 38.3 Å². The average Bonchev–Trinajstić information content (AvgIpc) is 3.34. The standard InChI is InChI=1S/C37H39N3O3/c38-34(41)20-17-29-11-8-13-32-31-12-4-5-14-33(31)37(35(29)32,36(42)43)21-6-7-22-39-23-25-40(26-24-39)30-18-15-28(16-19-30)27-9-2-1-3-10-27/h1-5,8-16,18-19H,6-7,17,20-26H2,(H2,38,41)(H,42,43). The third-order valence-corrected chi connectivity index (χ3v) is 9.25. The molecule has 2 aliphatic rings. The maximum absolute atomic E-state index is 13.2. The first-order valence-electron chi connectivity index (χ1n) is 15.3. The molecule has 43 heavy (non-hydrogen) atoms. The van der Waals surface area contributed by atoms with Crippen LogP contribution in [0.4, 0.5) is 5.69 Å². The minimum absolute atomic E-state index is 0.200. The Hall–Kier alpha value is -4.42. The Labute approximate surface area is 253 Å². The molecule has 4 aromatic rings.